The molecule has 0 N–H and O–H groups in total. The average molecular weight is 353 g/mol. The summed E-state index contributed by atoms with van der Waals surface area (Å²) in [6.45, 7) is 5.60. The zero-order valence-corrected chi connectivity index (χ0v) is 15.4. The molecule has 0 spiro atoms. The van der Waals surface area contributed by atoms with Crippen molar-refractivity contribution in [2.75, 3.05) is 19.6 Å². The summed E-state index contributed by atoms with van der Waals surface area (Å²) < 4.78 is 5.24. The Balaban J connectivity index is 1.42. The molecule has 0 unspecified atom stereocenters. The molecule has 4 rings (SSSR count). The quantitative estimate of drug-likeness (QED) is 0.843. The van der Waals surface area contributed by atoms with Crippen LogP contribution in [0.4, 0.5) is 0 Å². The van der Waals surface area contributed by atoms with Gasteiger partial charge in [0.05, 0.1) is 12.0 Å². The van der Waals surface area contributed by atoms with Crippen molar-refractivity contribution in [3.8, 4) is 0 Å². The first-order valence-corrected chi connectivity index (χ1v) is 9.70. The summed E-state index contributed by atoms with van der Waals surface area (Å²) in [5.74, 6) is 1.21. The molecule has 1 aromatic heterocycles. The predicted molar refractivity (Wildman–Crippen MR) is 99.4 cm³/mol. The highest BCUT2D eigenvalue weighted by Gasteiger charge is 2.37. The second kappa shape index (κ2) is 7.62. The molecule has 5 nitrogen and oxygen atoms in total. The largest absolute Gasteiger partial charge is 0.361 e. The number of aryl methyl sites for hydroxylation is 1. The minimum Gasteiger partial charge on any atom is -0.361 e. The Labute approximate surface area is 155 Å². The predicted octanol–water partition coefficient (Wildman–Crippen LogP) is 3.56. The van der Waals surface area contributed by atoms with Gasteiger partial charge in [-0.15, -0.1) is 0 Å². The van der Waals surface area contributed by atoms with E-state index in [1.807, 2.05) is 24.0 Å². The van der Waals surface area contributed by atoms with Crippen LogP contribution in [-0.4, -0.2) is 40.5 Å². The van der Waals surface area contributed by atoms with Crippen LogP contribution >= 0.6 is 0 Å². The summed E-state index contributed by atoms with van der Waals surface area (Å²) in [4.78, 5) is 17.7. The van der Waals surface area contributed by atoms with Crippen LogP contribution in [0.25, 0.3) is 0 Å². The lowest BCUT2D eigenvalue weighted by Crippen LogP contribution is -2.44. The maximum atomic E-state index is 13.2. The molecule has 0 radical (unpaired) electrons. The van der Waals surface area contributed by atoms with Crippen molar-refractivity contribution in [1.29, 1.82) is 0 Å². The zero-order valence-electron chi connectivity index (χ0n) is 15.4. The Kier molecular flexibility index (Phi) is 5.07. The fourth-order valence-corrected chi connectivity index (χ4v) is 4.36. The number of benzene rings is 1. The minimum atomic E-state index is 0.0875. The van der Waals surface area contributed by atoms with Gasteiger partial charge in [0, 0.05) is 25.7 Å². The van der Waals surface area contributed by atoms with E-state index >= 15 is 0 Å². The molecule has 2 aliphatic heterocycles. The fourth-order valence-electron chi connectivity index (χ4n) is 4.36. The Hall–Kier alpha value is -2.14. The summed E-state index contributed by atoms with van der Waals surface area (Å²) >= 11 is 0. The molecule has 26 heavy (non-hydrogen) atoms. The fraction of sp³-hybridized carbons (Fsp3) is 0.524. The van der Waals surface area contributed by atoms with Crippen LogP contribution in [0.5, 0.6) is 0 Å². The highest BCUT2D eigenvalue weighted by molar-refractivity contribution is 5.80. The summed E-state index contributed by atoms with van der Waals surface area (Å²) in [5, 5.41) is 4.17. The van der Waals surface area contributed by atoms with Gasteiger partial charge in [-0.25, -0.2) is 0 Å². The molecule has 138 valence electrons. The molecule has 1 aromatic carbocycles. The van der Waals surface area contributed by atoms with Crippen LogP contribution in [0.15, 0.2) is 40.9 Å². The van der Waals surface area contributed by atoms with Gasteiger partial charge in [0.25, 0.3) is 0 Å². The first kappa shape index (κ1) is 17.3. The molecular formula is C21H27N3O2. The number of rotatable bonds is 4. The number of hydrogen-bond donors (Lipinski definition) is 0. The lowest BCUT2D eigenvalue weighted by molar-refractivity contribution is -0.138. The van der Waals surface area contributed by atoms with E-state index < -0.39 is 0 Å². The van der Waals surface area contributed by atoms with Crippen LogP contribution in [0.3, 0.4) is 0 Å². The van der Waals surface area contributed by atoms with E-state index in [1.54, 1.807) is 0 Å². The summed E-state index contributed by atoms with van der Waals surface area (Å²) in [7, 11) is 0. The van der Waals surface area contributed by atoms with Gasteiger partial charge in [0.2, 0.25) is 5.91 Å². The molecule has 0 bridgehead atoms. The number of hydrogen-bond acceptors (Lipinski definition) is 4. The van der Waals surface area contributed by atoms with Crippen LogP contribution < -0.4 is 0 Å². The second-order valence-electron chi connectivity index (χ2n) is 7.61. The maximum Gasteiger partial charge on any atom is 0.227 e. The Morgan fingerprint density at radius 1 is 1.19 bits per heavy atom. The van der Waals surface area contributed by atoms with Gasteiger partial charge in [0.1, 0.15) is 11.5 Å². The van der Waals surface area contributed by atoms with Crippen LogP contribution in [-0.2, 0) is 11.3 Å². The normalized spacial score (nSPS) is 24.1. The van der Waals surface area contributed by atoms with Crippen molar-refractivity contribution in [3.05, 3.63) is 53.4 Å². The monoisotopic (exact) mass is 353 g/mol. The third kappa shape index (κ3) is 3.68. The molecule has 2 aromatic rings. The molecule has 5 heteroatoms. The summed E-state index contributed by atoms with van der Waals surface area (Å²) in [5.41, 5.74) is 2.23. The van der Waals surface area contributed by atoms with Crippen molar-refractivity contribution in [2.24, 2.45) is 5.92 Å². The van der Waals surface area contributed by atoms with Gasteiger partial charge in [-0.3, -0.25) is 9.69 Å². The van der Waals surface area contributed by atoms with Crippen molar-refractivity contribution in [3.63, 3.8) is 0 Å². The maximum absolute atomic E-state index is 13.2. The zero-order chi connectivity index (χ0) is 17.9. The number of aromatic nitrogens is 1. The third-order valence-electron chi connectivity index (χ3n) is 5.63. The van der Waals surface area contributed by atoms with E-state index in [-0.39, 0.29) is 12.0 Å². The molecule has 2 atom stereocenters. The van der Waals surface area contributed by atoms with Gasteiger partial charge in [0.15, 0.2) is 0 Å². The molecule has 2 fully saturated rings. The summed E-state index contributed by atoms with van der Waals surface area (Å²) in [6, 6.07) is 12.6. The Bertz CT molecular complexity index is 743. The molecule has 1 amide bonds. The number of carbonyl (C=O) groups excluding carboxylic acids is 1. The van der Waals surface area contributed by atoms with Crippen molar-refractivity contribution >= 4 is 5.91 Å². The first-order valence-electron chi connectivity index (χ1n) is 9.70. The van der Waals surface area contributed by atoms with E-state index in [0.29, 0.717) is 5.91 Å². The second-order valence-corrected chi connectivity index (χ2v) is 7.61. The van der Waals surface area contributed by atoms with Gasteiger partial charge >= 0.3 is 0 Å². The van der Waals surface area contributed by atoms with Gasteiger partial charge in [-0.2, -0.15) is 0 Å². The van der Waals surface area contributed by atoms with Crippen LogP contribution in [0, 0.1) is 12.8 Å². The highest BCUT2D eigenvalue weighted by atomic mass is 16.5. The number of carbonyl (C=O) groups is 1. The minimum absolute atomic E-state index is 0.0875. The first-order chi connectivity index (χ1) is 12.7. The number of amides is 1. The number of nitrogens with zero attached hydrogens (tertiary/aromatic N) is 3. The van der Waals surface area contributed by atoms with Crippen molar-refractivity contribution < 1.29 is 9.32 Å². The Morgan fingerprint density at radius 2 is 2.00 bits per heavy atom. The Morgan fingerprint density at radius 3 is 2.77 bits per heavy atom. The molecule has 0 saturated carbocycles. The van der Waals surface area contributed by atoms with Crippen molar-refractivity contribution in [1.82, 2.24) is 15.0 Å². The molecular weight excluding hydrogens is 326 g/mol. The van der Waals surface area contributed by atoms with Gasteiger partial charge in [-0.05, 0) is 44.7 Å². The highest BCUT2D eigenvalue weighted by Crippen LogP contribution is 2.34. The summed E-state index contributed by atoms with van der Waals surface area (Å²) in [6.07, 6.45) is 4.11. The van der Waals surface area contributed by atoms with E-state index in [2.05, 4.69) is 34.3 Å². The topological polar surface area (TPSA) is 49.6 Å². The van der Waals surface area contributed by atoms with E-state index in [9.17, 15) is 4.79 Å². The smallest absolute Gasteiger partial charge is 0.227 e. The van der Waals surface area contributed by atoms with Crippen molar-refractivity contribution in [2.45, 2.75) is 45.2 Å². The molecule has 2 aliphatic rings. The van der Waals surface area contributed by atoms with E-state index in [1.165, 1.54) is 5.56 Å². The van der Waals surface area contributed by atoms with E-state index in [0.717, 1.165) is 63.3 Å². The van der Waals surface area contributed by atoms with E-state index in [4.69, 9.17) is 4.52 Å². The van der Waals surface area contributed by atoms with Gasteiger partial charge < -0.3 is 9.42 Å². The third-order valence-corrected chi connectivity index (χ3v) is 5.63. The number of likely N-dealkylation sites (tertiary alicyclic amines) is 2. The van der Waals surface area contributed by atoms with Crippen LogP contribution in [0.2, 0.25) is 0 Å². The lowest BCUT2D eigenvalue weighted by Gasteiger charge is -2.35. The molecule has 2 saturated heterocycles. The standard InChI is InChI=1S/C21H27N3O2/c1-16-13-19(22-26-16)20-10-6-12-24(20)21(25)18-9-5-11-23(15-18)14-17-7-3-2-4-8-17/h2-4,7-8,13,18,20H,5-6,9-12,14-15H2,1H3/t18-,20+/m1/s1. The lowest BCUT2D eigenvalue weighted by atomic mass is 9.95. The van der Waals surface area contributed by atoms with Gasteiger partial charge in [-0.1, -0.05) is 35.5 Å². The number of piperidine rings is 1. The van der Waals surface area contributed by atoms with Crippen LogP contribution in [0.1, 0.15) is 48.7 Å². The molecule has 0 aliphatic carbocycles. The SMILES string of the molecule is Cc1cc([C@@H]2CCCN2C(=O)[C@@H]2CCCN(Cc3ccccc3)C2)no1. The average Bonchev–Trinajstić information content (AvgIpc) is 3.31. The molecule has 3 heterocycles.